The number of nitrogens with zero attached hydrogens (tertiary/aromatic N) is 2. The molecule has 1 atom stereocenters. The summed E-state index contributed by atoms with van der Waals surface area (Å²) in [6, 6.07) is 7.32. The number of carbonyl (C=O) groups excluding carboxylic acids is 1. The normalized spacial score (nSPS) is 12.1. The molecule has 3 rings (SSSR count). The van der Waals surface area contributed by atoms with E-state index in [0.717, 1.165) is 6.07 Å². The zero-order chi connectivity index (χ0) is 20.6. The maximum Gasteiger partial charge on any atom is 0.322 e. The Balaban J connectivity index is 1.95. The van der Waals surface area contributed by atoms with Crippen molar-refractivity contribution in [3.63, 3.8) is 0 Å². The zero-order valence-corrected chi connectivity index (χ0v) is 16.2. The Kier molecular flexibility index (Phi) is 5.38. The molecule has 0 saturated heterocycles. The number of aryl methyl sites for hydroxylation is 1. The average Bonchev–Trinajstić information content (AvgIpc) is 2.66. The minimum Gasteiger partial charge on any atom is -0.321 e. The number of halogens is 3. The monoisotopic (exact) mass is 405 g/mol. The van der Waals surface area contributed by atoms with Crippen LogP contribution in [0.25, 0.3) is 10.8 Å². The molecule has 1 unspecified atom stereocenters. The van der Waals surface area contributed by atoms with Crippen molar-refractivity contribution in [3.05, 3.63) is 75.2 Å². The van der Waals surface area contributed by atoms with E-state index in [-0.39, 0.29) is 10.4 Å². The molecule has 0 radical (unpaired) electrons. The van der Waals surface area contributed by atoms with Crippen LogP contribution in [-0.4, -0.2) is 22.5 Å². The van der Waals surface area contributed by atoms with Crippen LogP contribution >= 0.6 is 11.6 Å². The molecule has 2 amide bonds. The van der Waals surface area contributed by atoms with E-state index in [1.54, 1.807) is 26.2 Å². The van der Waals surface area contributed by atoms with Gasteiger partial charge in [0.2, 0.25) is 0 Å². The summed E-state index contributed by atoms with van der Waals surface area (Å²) in [7, 11) is 3.10. The van der Waals surface area contributed by atoms with Gasteiger partial charge in [-0.05, 0) is 42.1 Å². The van der Waals surface area contributed by atoms with E-state index in [2.05, 4.69) is 5.32 Å². The van der Waals surface area contributed by atoms with Crippen LogP contribution < -0.4 is 10.9 Å². The number of urea groups is 1. The Morgan fingerprint density at radius 2 is 1.93 bits per heavy atom. The Morgan fingerprint density at radius 3 is 2.61 bits per heavy atom. The second-order valence-corrected chi connectivity index (χ2v) is 6.92. The lowest BCUT2D eigenvalue weighted by Gasteiger charge is -2.27. The van der Waals surface area contributed by atoms with Crippen molar-refractivity contribution in [2.24, 2.45) is 7.05 Å². The molecule has 0 spiro atoms. The van der Waals surface area contributed by atoms with Crippen LogP contribution in [0, 0.1) is 11.6 Å². The van der Waals surface area contributed by atoms with Gasteiger partial charge in [-0.2, -0.15) is 0 Å². The standard InChI is InChI=1S/C20H18ClF2N3O2/c1-11(26(3)20(28)24-12-7-8-16(22)15(21)9-12)14-10-25(2)19(27)18-13(14)5-4-6-17(18)23/h4-11H,1-3H3,(H,24,28). The summed E-state index contributed by atoms with van der Waals surface area (Å²) < 4.78 is 28.8. The van der Waals surface area contributed by atoms with Gasteiger partial charge in [-0.15, -0.1) is 0 Å². The molecule has 146 valence electrons. The summed E-state index contributed by atoms with van der Waals surface area (Å²) in [5, 5.41) is 2.96. The number of rotatable bonds is 3. The Bertz CT molecular complexity index is 1130. The van der Waals surface area contributed by atoms with Gasteiger partial charge < -0.3 is 14.8 Å². The Labute approximate surface area is 165 Å². The van der Waals surface area contributed by atoms with Crippen molar-refractivity contribution < 1.29 is 13.6 Å². The molecule has 0 fully saturated rings. The van der Waals surface area contributed by atoms with Crippen molar-refractivity contribution in [2.45, 2.75) is 13.0 Å². The topological polar surface area (TPSA) is 54.3 Å². The molecule has 2 aromatic carbocycles. The molecule has 0 saturated carbocycles. The number of carbonyl (C=O) groups is 1. The summed E-state index contributed by atoms with van der Waals surface area (Å²) in [5.74, 6) is -1.19. The molecule has 0 aliphatic rings. The summed E-state index contributed by atoms with van der Waals surface area (Å²) in [6.07, 6.45) is 1.59. The van der Waals surface area contributed by atoms with Gasteiger partial charge in [-0.25, -0.2) is 13.6 Å². The van der Waals surface area contributed by atoms with Gasteiger partial charge in [0.05, 0.1) is 16.5 Å². The van der Waals surface area contributed by atoms with Crippen molar-refractivity contribution in [2.75, 3.05) is 12.4 Å². The van der Waals surface area contributed by atoms with Gasteiger partial charge in [0.1, 0.15) is 11.6 Å². The first-order valence-electron chi connectivity index (χ1n) is 8.47. The maximum absolute atomic E-state index is 14.2. The van der Waals surface area contributed by atoms with E-state index in [0.29, 0.717) is 16.6 Å². The van der Waals surface area contributed by atoms with E-state index in [4.69, 9.17) is 11.6 Å². The molecule has 1 aromatic heterocycles. The number of benzene rings is 2. The van der Waals surface area contributed by atoms with E-state index < -0.39 is 29.3 Å². The first-order valence-corrected chi connectivity index (χ1v) is 8.85. The van der Waals surface area contributed by atoms with Crippen LogP contribution in [0.15, 0.2) is 47.4 Å². The second kappa shape index (κ2) is 7.59. The van der Waals surface area contributed by atoms with Crippen LogP contribution in [0.3, 0.4) is 0 Å². The maximum atomic E-state index is 14.2. The predicted molar refractivity (Wildman–Crippen MR) is 106 cm³/mol. The van der Waals surface area contributed by atoms with Crippen molar-refractivity contribution >= 4 is 34.1 Å². The van der Waals surface area contributed by atoms with Crippen molar-refractivity contribution in [3.8, 4) is 0 Å². The van der Waals surface area contributed by atoms with Crippen LogP contribution in [0.4, 0.5) is 19.3 Å². The van der Waals surface area contributed by atoms with Crippen molar-refractivity contribution in [1.82, 2.24) is 9.47 Å². The molecule has 5 nitrogen and oxygen atoms in total. The molecule has 3 aromatic rings. The lowest BCUT2D eigenvalue weighted by atomic mass is 10.0. The van der Waals surface area contributed by atoms with E-state index in [9.17, 15) is 18.4 Å². The van der Waals surface area contributed by atoms with Crippen LogP contribution in [0.2, 0.25) is 5.02 Å². The number of amides is 2. The Hall–Kier alpha value is -2.93. The molecular formula is C20H18ClF2N3O2. The molecule has 0 aliphatic heterocycles. The summed E-state index contributed by atoms with van der Waals surface area (Å²) in [6.45, 7) is 1.77. The van der Waals surface area contributed by atoms with E-state index >= 15 is 0 Å². The lowest BCUT2D eigenvalue weighted by molar-refractivity contribution is 0.208. The third kappa shape index (κ3) is 3.57. The molecule has 28 heavy (non-hydrogen) atoms. The Morgan fingerprint density at radius 1 is 1.21 bits per heavy atom. The predicted octanol–water partition coefficient (Wildman–Crippen LogP) is 4.70. The van der Waals surface area contributed by atoms with Gasteiger partial charge >= 0.3 is 6.03 Å². The van der Waals surface area contributed by atoms with Gasteiger partial charge in [-0.3, -0.25) is 4.79 Å². The zero-order valence-electron chi connectivity index (χ0n) is 15.5. The number of fused-ring (bicyclic) bond motifs is 1. The van der Waals surface area contributed by atoms with Crippen LogP contribution in [0.1, 0.15) is 18.5 Å². The van der Waals surface area contributed by atoms with Gasteiger partial charge in [0.25, 0.3) is 5.56 Å². The number of hydrogen-bond acceptors (Lipinski definition) is 2. The third-order valence-electron chi connectivity index (χ3n) is 4.71. The molecule has 8 heteroatoms. The fourth-order valence-electron chi connectivity index (χ4n) is 3.00. The number of anilines is 1. The average molecular weight is 406 g/mol. The van der Waals surface area contributed by atoms with Gasteiger partial charge in [-0.1, -0.05) is 23.7 Å². The van der Waals surface area contributed by atoms with Gasteiger partial charge in [0, 0.05) is 26.0 Å². The van der Waals surface area contributed by atoms with Crippen LogP contribution in [-0.2, 0) is 7.05 Å². The molecular weight excluding hydrogens is 388 g/mol. The van der Waals surface area contributed by atoms with Gasteiger partial charge in [0.15, 0.2) is 0 Å². The highest BCUT2D eigenvalue weighted by molar-refractivity contribution is 6.31. The second-order valence-electron chi connectivity index (χ2n) is 6.51. The largest absolute Gasteiger partial charge is 0.322 e. The summed E-state index contributed by atoms with van der Waals surface area (Å²) >= 11 is 5.74. The fourth-order valence-corrected chi connectivity index (χ4v) is 3.18. The smallest absolute Gasteiger partial charge is 0.321 e. The van der Waals surface area contributed by atoms with E-state index in [1.807, 2.05) is 0 Å². The van der Waals surface area contributed by atoms with Crippen molar-refractivity contribution in [1.29, 1.82) is 0 Å². The summed E-state index contributed by atoms with van der Waals surface area (Å²) in [4.78, 5) is 26.3. The van der Waals surface area contributed by atoms with E-state index in [1.165, 1.54) is 40.8 Å². The lowest BCUT2D eigenvalue weighted by Crippen LogP contribution is -2.34. The highest BCUT2D eigenvalue weighted by Crippen LogP contribution is 2.27. The number of hydrogen-bond donors (Lipinski definition) is 1. The minimum atomic E-state index is -0.611. The third-order valence-corrected chi connectivity index (χ3v) is 5.00. The summed E-state index contributed by atoms with van der Waals surface area (Å²) in [5.41, 5.74) is 0.510. The highest BCUT2D eigenvalue weighted by Gasteiger charge is 2.22. The molecule has 1 N–H and O–H groups in total. The first kappa shape index (κ1) is 19.8. The SMILES string of the molecule is CC(c1cn(C)c(=O)c2c(F)cccc12)N(C)C(=O)Nc1ccc(F)c(Cl)c1. The first-order chi connectivity index (χ1) is 13.2. The quantitative estimate of drug-likeness (QED) is 0.687. The molecule has 1 heterocycles. The number of aromatic nitrogens is 1. The molecule has 0 aliphatic carbocycles. The van der Waals surface area contributed by atoms with Crippen LogP contribution in [0.5, 0.6) is 0 Å². The fraction of sp³-hybridized carbons (Fsp3) is 0.200. The number of nitrogens with one attached hydrogen (secondary N) is 1. The highest BCUT2D eigenvalue weighted by atomic mass is 35.5. The number of pyridine rings is 1. The molecule has 0 bridgehead atoms. The minimum absolute atomic E-state index is 0.0199.